The highest BCUT2D eigenvalue weighted by molar-refractivity contribution is 5.89. The molecule has 3 aromatic rings. The Morgan fingerprint density at radius 2 is 2.24 bits per heavy atom. The minimum atomic E-state index is -0.323. The second kappa shape index (κ2) is 4.49. The minimum Gasteiger partial charge on any atom is -0.488 e. The molecule has 106 valence electrons. The summed E-state index contributed by atoms with van der Waals surface area (Å²) >= 11 is 0. The molecule has 3 heterocycles. The van der Waals surface area contributed by atoms with Crippen LogP contribution in [0.4, 0.5) is 4.39 Å². The molecule has 0 radical (unpaired) electrons. The van der Waals surface area contributed by atoms with Crippen LogP contribution in [0, 0.1) is 5.82 Å². The van der Waals surface area contributed by atoms with E-state index in [4.69, 9.17) is 10.5 Å². The van der Waals surface area contributed by atoms with Crippen LogP contribution in [0.15, 0.2) is 24.8 Å². The number of aromatic amines is 1. The third-order valence-electron chi connectivity index (χ3n) is 3.60. The van der Waals surface area contributed by atoms with Crippen LogP contribution in [-0.2, 0) is 6.42 Å². The summed E-state index contributed by atoms with van der Waals surface area (Å²) < 4.78 is 19.7. The van der Waals surface area contributed by atoms with Gasteiger partial charge in [0.15, 0.2) is 5.65 Å². The molecule has 0 bridgehead atoms. The minimum absolute atomic E-state index is 0.125. The fourth-order valence-corrected chi connectivity index (χ4v) is 2.67. The Morgan fingerprint density at radius 1 is 1.33 bits per heavy atom. The first-order valence-corrected chi connectivity index (χ1v) is 6.60. The number of rotatable bonds is 2. The molecule has 6 nitrogen and oxygen atoms in total. The highest BCUT2D eigenvalue weighted by atomic mass is 19.1. The fourth-order valence-electron chi connectivity index (χ4n) is 2.67. The van der Waals surface area contributed by atoms with Crippen LogP contribution < -0.4 is 10.5 Å². The van der Waals surface area contributed by atoms with Gasteiger partial charge in [0.1, 0.15) is 35.2 Å². The normalized spacial score (nSPS) is 17.0. The maximum absolute atomic E-state index is 13.9. The predicted molar refractivity (Wildman–Crippen MR) is 74.3 cm³/mol. The molecule has 0 aliphatic carbocycles. The molecule has 1 unspecified atom stereocenters. The van der Waals surface area contributed by atoms with Crippen molar-refractivity contribution in [1.29, 1.82) is 0 Å². The largest absolute Gasteiger partial charge is 0.488 e. The zero-order valence-electron chi connectivity index (χ0n) is 11.0. The van der Waals surface area contributed by atoms with Gasteiger partial charge in [-0.25, -0.2) is 19.3 Å². The van der Waals surface area contributed by atoms with E-state index >= 15 is 0 Å². The maximum atomic E-state index is 13.9. The second-order valence-electron chi connectivity index (χ2n) is 4.94. The summed E-state index contributed by atoms with van der Waals surface area (Å²) in [5, 5.41) is 0. The lowest BCUT2D eigenvalue weighted by Crippen LogP contribution is -2.24. The summed E-state index contributed by atoms with van der Waals surface area (Å²) in [5.74, 6) is 0.317. The first kappa shape index (κ1) is 12.2. The van der Waals surface area contributed by atoms with E-state index in [9.17, 15) is 4.39 Å². The van der Waals surface area contributed by atoms with Gasteiger partial charge in [0.2, 0.25) is 0 Å². The zero-order chi connectivity index (χ0) is 14.4. The van der Waals surface area contributed by atoms with Gasteiger partial charge in [0.25, 0.3) is 0 Å². The van der Waals surface area contributed by atoms with Crippen molar-refractivity contribution in [3.63, 3.8) is 0 Å². The van der Waals surface area contributed by atoms with Gasteiger partial charge in [-0.15, -0.1) is 0 Å². The van der Waals surface area contributed by atoms with Crippen molar-refractivity contribution in [1.82, 2.24) is 19.9 Å². The quantitative estimate of drug-likeness (QED) is 0.743. The van der Waals surface area contributed by atoms with Crippen molar-refractivity contribution in [2.24, 2.45) is 5.73 Å². The van der Waals surface area contributed by atoms with E-state index in [-0.39, 0.29) is 11.9 Å². The average Bonchev–Trinajstić information content (AvgIpc) is 3.11. The molecule has 2 aromatic heterocycles. The van der Waals surface area contributed by atoms with Crippen LogP contribution in [0.25, 0.3) is 22.4 Å². The van der Waals surface area contributed by atoms with Gasteiger partial charge in [-0.2, -0.15) is 0 Å². The zero-order valence-corrected chi connectivity index (χ0v) is 11.0. The predicted octanol–water partition coefficient (Wildman–Crippen LogP) is 1.42. The molecule has 21 heavy (non-hydrogen) atoms. The van der Waals surface area contributed by atoms with E-state index in [1.165, 1.54) is 24.8 Å². The summed E-state index contributed by atoms with van der Waals surface area (Å²) in [7, 11) is 0. The number of hydrogen-bond acceptors (Lipinski definition) is 5. The Labute approximate surface area is 119 Å². The molecule has 0 amide bonds. The summed E-state index contributed by atoms with van der Waals surface area (Å²) in [6, 6.07) is 2.90. The van der Waals surface area contributed by atoms with Crippen molar-refractivity contribution in [3.8, 4) is 17.0 Å². The van der Waals surface area contributed by atoms with Crippen molar-refractivity contribution < 1.29 is 9.13 Å². The summed E-state index contributed by atoms with van der Waals surface area (Å²) in [6.07, 6.45) is 3.42. The maximum Gasteiger partial charge on any atom is 0.181 e. The van der Waals surface area contributed by atoms with E-state index in [1.54, 1.807) is 0 Å². The number of benzene rings is 1. The summed E-state index contributed by atoms with van der Waals surface area (Å²) in [5.41, 5.74) is 8.83. The fraction of sp³-hybridized carbons (Fsp3) is 0.214. The Hall–Kier alpha value is -2.54. The molecule has 0 saturated heterocycles. The third kappa shape index (κ3) is 1.85. The number of halogens is 1. The van der Waals surface area contributed by atoms with Gasteiger partial charge < -0.3 is 15.5 Å². The highest BCUT2D eigenvalue weighted by Crippen LogP contribution is 2.40. The van der Waals surface area contributed by atoms with E-state index in [0.29, 0.717) is 41.1 Å². The van der Waals surface area contributed by atoms with E-state index in [1.807, 2.05) is 0 Å². The Morgan fingerprint density at radius 3 is 3.10 bits per heavy atom. The second-order valence-corrected chi connectivity index (χ2v) is 4.94. The van der Waals surface area contributed by atoms with Crippen LogP contribution in [0.1, 0.15) is 5.56 Å². The molecule has 1 aliphatic heterocycles. The summed E-state index contributed by atoms with van der Waals surface area (Å²) in [6.45, 7) is 0.388. The lowest BCUT2D eigenvalue weighted by molar-refractivity contribution is 0.242. The number of hydrogen-bond donors (Lipinski definition) is 2. The molecule has 0 fully saturated rings. The van der Waals surface area contributed by atoms with Crippen LogP contribution in [0.2, 0.25) is 0 Å². The molecule has 4 rings (SSSR count). The van der Waals surface area contributed by atoms with Gasteiger partial charge >= 0.3 is 0 Å². The number of imidazole rings is 1. The Bertz CT molecular complexity index is 831. The first-order valence-electron chi connectivity index (χ1n) is 6.60. The van der Waals surface area contributed by atoms with Gasteiger partial charge in [0, 0.05) is 24.1 Å². The molecular formula is C14H12FN5O. The number of nitrogens with one attached hydrogen (secondary N) is 1. The van der Waals surface area contributed by atoms with Crippen molar-refractivity contribution in [2.45, 2.75) is 12.5 Å². The first-order chi connectivity index (χ1) is 10.3. The standard InChI is InChI=1S/C14H12FN5O/c15-8-1-7-2-9(4-16)21-13(7)10(3-8)11-12-14(19-5-17-11)20-6-18-12/h1,3,5-6,9H,2,4,16H2,(H,17,18,19,20). The molecule has 3 N–H and O–H groups in total. The molecule has 0 spiro atoms. The lowest BCUT2D eigenvalue weighted by Gasteiger charge is -2.10. The summed E-state index contributed by atoms with van der Waals surface area (Å²) in [4.78, 5) is 15.4. The smallest absolute Gasteiger partial charge is 0.181 e. The van der Waals surface area contributed by atoms with E-state index < -0.39 is 0 Å². The molecule has 7 heteroatoms. The number of H-pyrrole nitrogens is 1. The van der Waals surface area contributed by atoms with Crippen molar-refractivity contribution in [3.05, 3.63) is 36.2 Å². The topological polar surface area (TPSA) is 89.7 Å². The van der Waals surface area contributed by atoms with Gasteiger partial charge in [0.05, 0.1) is 6.33 Å². The lowest BCUT2D eigenvalue weighted by atomic mass is 10.0. The van der Waals surface area contributed by atoms with Crippen LogP contribution in [-0.4, -0.2) is 32.6 Å². The molecule has 1 aliphatic rings. The number of fused-ring (bicyclic) bond motifs is 2. The monoisotopic (exact) mass is 285 g/mol. The Kier molecular flexibility index (Phi) is 2.61. The van der Waals surface area contributed by atoms with Crippen LogP contribution in [0.5, 0.6) is 5.75 Å². The SMILES string of the molecule is NCC1Cc2cc(F)cc(-c3ncnc4nc[nH]c34)c2O1. The third-order valence-corrected chi connectivity index (χ3v) is 3.60. The number of nitrogens with zero attached hydrogens (tertiary/aromatic N) is 3. The average molecular weight is 285 g/mol. The molecular weight excluding hydrogens is 273 g/mol. The number of aromatic nitrogens is 4. The van der Waals surface area contributed by atoms with E-state index in [2.05, 4.69) is 19.9 Å². The van der Waals surface area contributed by atoms with Crippen molar-refractivity contribution >= 4 is 11.2 Å². The van der Waals surface area contributed by atoms with Crippen molar-refractivity contribution in [2.75, 3.05) is 6.54 Å². The molecule has 1 aromatic carbocycles. The van der Waals surface area contributed by atoms with Gasteiger partial charge in [-0.05, 0) is 12.1 Å². The van der Waals surface area contributed by atoms with Crippen LogP contribution in [0.3, 0.4) is 0 Å². The Balaban J connectivity index is 1.96. The molecule has 0 saturated carbocycles. The number of ether oxygens (including phenoxy) is 1. The van der Waals surface area contributed by atoms with Gasteiger partial charge in [-0.3, -0.25) is 0 Å². The van der Waals surface area contributed by atoms with Crippen LogP contribution >= 0.6 is 0 Å². The highest BCUT2D eigenvalue weighted by Gasteiger charge is 2.27. The number of nitrogens with two attached hydrogens (primary N) is 1. The van der Waals surface area contributed by atoms with Gasteiger partial charge in [-0.1, -0.05) is 0 Å². The molecule has 1 atom stereocenters. The van der Waals surface area contributed by atoms with E-state index in [0.717, 1.165) is 5.56 Å².